The molecule has 106 valence electrons. The van der Waals surface area contributed by atoms with Crippen LogP contribution in [0.2, 0.25) is 0 Å². The van der Waals surface area contributed by atoms with E-state index in [1.807, 2.05) is 11.8 Å². The van der Waals surface area contributed by atoms with Gasteiger partial charge in [-0.05, 0) is 29.5 Å². The van der Waals surface area contributed by atoms with Gasteiger partial charge < -0.3 is 9.84 Å². The van der Waals surface area contributed by atoms with Crippen LogP contribution >= 0.6 is 11.8 Å². The van der Waals surface area contributed by atoms with E-state index < -0.39 is 0 Å². The van der Waals surface area contributed by atoms with Gasteiger partial charge in [0.1, 0.15) is 0 Å². The molecule has 2 nitrogen and oxygen atoms in total. The first kappa shape index (κ1) is 14.9. The number of ether oxygens (including phenoxy) is 1. The van der Waals surface area contributed by atoms with Gasteiger partial charge in [-0.15, -0.1) is 11.8 Å². The zero-order valence-electron chi connectivity index (χ0n) is 12.3. The molecule has 0 radical (unpaired) electrons. The van der Waals surface area contributed by atoms with Crippen LogP contribution in [0.5, 0.6) is 0 Å². The Balaban J connectivity index is 2.11. The minimum absolute atomic E-state index is 0.0190. The van der Waals surface area contributed by atoms with E-state index in [1.54, 1.807) is 0 Å². The van der Waals surface area contributed by atoms with Crippen LogP contribution in [0.15, 0.2) is 23.1 Å². The summed E-state index contributed by atoms with van der Waals surface area (Å²) in [6.45, 7) is 10.5. The predicted molar refractivity (Wildman–Crippen MR) is 80.9 cm³/mol. The van der Waals surface area contributed by atoms with Crippen molar-refractivity contribution >= 4 is 11.8 Å². The molecule has 3 heteroatoms. The van der Waals surface area contributed by atoms with Crippen LogP contribution in [0.1, 0.15) is 31.9 Å². The van der Waals surface area contributed by atoms with Crippen LogP contribution < -0.4 is 0 Å². The lowest BCUT2D eigenvalue weighted by molar-refractivity contribution is -0.121. The molecule has 1 N–H and O–H groups in total. The third kappa shape index (κ3) is 3.33. The maximum Gasteiger partial charge on any atom is 0.0575 e. The van der Waals surface area contributed by atoms with Crippen molar-refractivity contribution in [2.24, 2.45) is 5.41 Å². The molecule has 1 aromatic carbocycles. The van der Waals surface area contributed by atoms with E-state index in [0.717, 1.165) is 5.75 Å². The Hall–Kier alpha value is -0.510. The molecule has 0 saturated carbocycles. The minimum atomic E-state index is -0.0190. The highest BCUT2D eigenvalue weighted by Crippen LogP contribution is 2.36. The average Bonchev–Trinajstić information content (AvgIpc) is 2.29. The lowest BCUT2D eigenvalue weighted by Gasteiger charge is -2.39. The van der Waals surface area contributed by atoms with Crippen molar-refractivity contribution in [3.8, 4) is 0 Å². The lowest BCUT2D eigenvalue weighted by Crippen LogP contribution is -2.47. The van der Waals surface area contributed by atoms with Gasteiger partial charge in [-0.2, -0.15) is 0 Å². The van der Waals surface area contributed by atoms with Crippen LogP contribution in [0.4, 0.5) is 0 Å². The van der Waals surface area contributed by atoms with E-state index in [9.17, 15) is 5.11 Å². The van der Waals surface area contributed by atoms with Crippen LogP contribution in [-0.2, 0) is 10.2 Å². The van der Waals surface area contributed by atoms with E-state index in [4.69, 9.17) is 4.74 Å². The largest absolute Gasteiger partial charge is 0.396 e. The third-order valence-corrected chi connectivity index (χ3v) is 5.25. The molecule has 0 bridgehead atoms. The van der Waals surface area contributed by atoms with Gasteiger partial charge in [0.15, 0.2) is 0 Å². The van der Waals surface area contributed by atoms with Crippen LogP contribution in [-0.4, -0.2) is 30.7 Å². The highest BCUT2D eigenvalue weighted by atomic mass is 32.2. The van der Waals surface area contributed by atoms with Crippen LogP contribution in [0, 0.1) is 12.3 Å². The Labute approximate surface area is 120 Å². The molecule has 0 aromatic heterocycles. The molecule has 0 atom stereocenters. The number of aliphatic hydroxyl groups excluding tert-OH is 1. The molecular weight excluding hydrogens is 256 g/mol. The molecule has 1 aliphatic rings. The topological polar surface area (TPSA) is 29.5 Å². The molecule has 1 heterocycles. The van der Waals surface area contributed by atoms with Crippen LogP contribution in [0.3, 0.4) is 0 Å². The van der Waals surface area contributed by atoms with Gasteiger partial charge in [-0.25, -0.2) is 0 Å². The zero-order chi connectivity index (χ0) is 14.1. The molecule has 0 amide bonds. The SMILES string of the molecule is Cc1ccc(C(C)(C)C)cc1SCC1(CO)COC1. The van der Waals surface area contributed by atoms with Crippen molar-refractivity contribution in [2.45, 2.75) is 38.0 Å². The number of hydrogen-bond donors (Lipinski definition) is 1. The third-order valence-electron chi connectivity index (χ3n) is 3.74. The van der Waals surface area contributed by atoms with Crippen molar-refractivity contribution in [3.05, 3.63) is 29.3 Å². The Bertz CT molecular complexity index is 439. The molecule has 19 heavy (non-hydrogen) atoms. The van der Waals surface area contributed by atoms with Gasteiger partial charge in [0, 0.05) is 16.1 Å². The van der Waals surface area contributed by atoms with Crippen molar-refractivity contribution in [1.82, 2.24) is 0 Å². The predicted octanol–water partition coefficient (Wildman–Crippen LogP) is 3.39. The second kappa shape index (κ2) is 5.47. The second-order valence-electron chi connectivity index (χ2n) is 6.67. The number of aliphatic hydroxyl groups is 1. The molecule has 1 aromatic rings. The monoisotopic (exact) mass is 280 g/mol. The molecule has 0 spiro atoms. The zero-order valence-corrected chi connectivity index (χ0v) is 13.1. The first-order valence-electron chi connectivity index (χ1n) is 6.79. The Morgan fingerprint density at radius 1 is 1.32 bits per heavy atom. The summed E-state index contributed by atoms with van der Waals surface area (Å²) in [5, 5.41) is 9.47. The number of rotatable bonds is 4. The van der Waals surface area contributed by atoms with Gasteiger partial charge >= 0.3 is 0 Å². The molecular formula is C16H24O2S. The first-order chi connectivity index (χ1) is 8.86. The number of benzene rings is 1. The summed E-state index contributed by atoms with van der Waals surface area (Å²) in [4.78, 5) is 1.33. The first-order valence-corrected chi connectivity index (χ1v) is 7.77. The van der Waals surface area contributed by atoms with E-state index in [0.29, 0.717) is 13.2 Å². The number of aryl methyl sites for hydroxylation is 1. The molecule has 1 aliphatic heterocycles. The van der Waals surface area contributed by atoms with Gasteiger partial charge in [0.05, 0.1) is 19.8 Å². The maximum absolute atomic E-state index is 9.47. The van der Waals surface area contributed by atoms with Gasteiger partial charge in [0.2, 0.25) is 0 Å². The van der Waals surface area contributed by atoms with E-state index in [2.05, 4.69) is 45.9 Å². The van der Waals surface area contributed by atoms with Crippen molar-refractivity contribution in [2.75, 3.05) is 25.6 Å². The smallest absolute Gasteiger partial charge is 0.0575 e. The Kier molecular flexibility index (Phi) is 4.29. The summed E-state index contributed by atoms with van der Waals surface area (Å²) in [5.74, 6) is 0.929. The summed E-state index contributed by atoms with van der Waals surface area (Å²) in [7, 11) is 0. The van der Waals surface area contributed by atoms with E-state index in [-0.39, 0.29) is 17.4 Å². The fraction of sp³-hybridized carbons (Fsp3) is 0.625. The summed E-state index contributed by atoms with van der Waals surface area (Å²) in [6.07, 6.45) is 0. The summed E-state index contributed by atoms with van der Waals surface area (Å²) in [5.41, 5.74) is 2.83. The molecule has 0 unspecified atom stereocenters. The average molecular weight is 280 g/mol. The fourth-order valence-corrected chi connectivity index (χ4v) is 3.29. The van der Waals surface area contributed by atoms with Crippen molar-refractivity contribution in [1.29, 1.82) is 0 Å². The molecule has 1 fully saturated rings. The van der Waals surface area contributed by atoms with Crippen molar-refractivity contribution < 1.29 is 9.84 Å². The van der Waals surface area contributed by atoms with Crippen molar-refractivity contribution in [3.63, 3.8) is 0 Å². The second-order valence-corrected chi connectivity index (χ2v) is 7.69. The number of hydrogen-bond acceptors (Lipinski definition) is 3. The van der Waals surface area contributed by atoms with Gasteiger partial charge in [0.25, 0.3) is 0 Å². The van der Waals surface area contributed by atoms with Gasteiger partial charge in [-0.1, -0.05) is 32.9 Å². The molecule has 1 saturated heterocycles. The Morgan fingerprint density at radius 3 is 2.47 bits per heavy atom. The Morgan fingerprint density at radius 2 is 2.00 bits per heavy atom. The lowest BCUT2D eigenvalue weighted by atomic mass is 9.87. The minimum Gasteiger partial charge on any atom is -0.396 e. The summed E-state index contributed by atoms with van der Waals surface area (Å²) >= 11 is 1.84. The molecule has 2 rings (SSSR count). The van der Waals surface area contributed by atoms with E-state index >= 15 is 0 Å². The highest BCUT2D eigenvalue weighted by Gasteiger charge is 2.38. The van der Waals surface area contributed by atoms with Crippen LogP contribution in [0.25, 0.3) is 0 Å². The summed E-state index contributed by atoms with van der Waals surface area (Å²) in [6, 6.07) is 6.71. The quantitative estimate of drug-likeness (QED) is 0.857. The summed E-state index contributed by atoms with van der Waals surface area (Å²) < 4.78 is 5.25. The van der Waals surface area contributed by atoms with E-state index in [1.165, 1.54) is 16.0 Å². The highest BCUT2D eigenvalue weighted by molar-refractivity contribution is 7.99. The normalized spacial score (nSPS) is 18.2. The standard InChI is InChI=1S/C16H24O2S/c1-12-5-6-13(15(2,3)4)7-14(12)19-11-16(8-17)9-18-10-16/h5-7,17H,8-11H2,1-4H3. The van der Waals surface area contributed by atoms with Gasteiger partial charge in [-0.3, -0.25) is 0 Å². The maximum atomic E-state index is 9.47. The molecule has 0 aliphatic carbocycles. The number of thioether (sulfide) groups is 1. The fourth-order valence-electron chi connectivity index (χ4n) is 2.06.